The number of carbonyl (C=O) groups is 1. The predicted octanol–water partition coefficient (Wildman–Crippen LogP) is 0.491. The van der Waals surface area contributed by atoms with Gasteiger partial charge in [0.2, 0.25) is 0 Å². The van der Waals surface area contributed by atoms with E-state index in [0.29, 0.717) is 11.3 Å². The summed E-state index contributed by atoms with van der Waals surface area (Å²) in [4.78, 5) is 10.2. The minimum absolute atomic E-state index is 0.331. The Bertz CT molecular complexity index is 281. The molecule has 0 unspecified atom stereocenters. The van der Waals surface area contributed by atoms with Crippen LogP contribution in [0.15, 0.2) is 10.7 Å². The van der Waals surface area contributed by atoms with E-state index in [1.807, 2.05) is 0 Å². The maximum Gasteiger partial charge on any atom is 0.306 e. The molecule has 0 aliphatic rings. The largest absolute Gasteiger partial charge is 0.481 e. The lowest BCUT2D eigenvalue weighted by molar-refractivity contribution is -0.139. The number of nitrogens with zero attached hydrogens (tertiary/aromatic N) is 1. The molecule has 0 saturated carbocycles. The molecule has 5 nitrogen and oxygen atoms in total. The average molecular weight is 171 g/mol. The van der Waals surface area contributed by atoms with E-state index >= 15 is 0 Å². The van der Waals surface area contributed by atoms with Gasteiger partial charge in [0.25, 0.3) is 0 Å². The van der Waals surface area contributed by atoms with Crippen LogP contribution in [0.4, 0.5) is 0 Å². The van der Waals surface area contributed by atoms with Gasteiger partial charge in [-0.15, -0.1) is 0 Å². The van der Waals surface area contributed by atoms with Gasteiger partial charge in [-0.3, -0.25) is 4.79 Å². The smallest absolute Gasteiger partial charge is 0.306 e. The molecule has 0 aromatic carbocycles. The Morgan fingerprint density at radius 3 is 2.92 bits per heavy atom. The second kappa shape index (κ2) is 3.36. The fraction of sp³-hybridized carbons (Fsp3) is 0.429. The Kier molecular flexibility index (Phi) is 2.44. The molecule has 0 aliphatic carbocycles. The van der Waals surface area contributed by atoms with Crippen molar-refractivity contribution in [2.45, 2.75) is 19.4 Å². The van der Waals surface area contributed by atoms with Gasteiger partial charge in [0.05, 0.1) is 18.7 Å². The van der Waals surface area contributed by atoms with Crippen molar-refractivity contribution < 1.29 is 19.5 Å². The number of rotatable bonds is 3. The van der Waals surface area contributed by atoms with Crippen molar-refractivity contribution in [1.29, 1.82) is 0 Å². The number of aliphatic hydroxyl groups is 1. The molecule has 0 fully saturated rings. The number of aliphatic carboxylic acids is 1. The molecule has 0 amide bonds. The SMILES string of the molecule is Cc1oncc1[C@H](O)CC(=O)O. The first-order chi connectivity index (χ1) is 5.61. The summed E-state index contributed by atoms with van der Waals surface area (Å²) in [5, 5.41) is 21.1. The topological polar surface area (TPSA) is 83.6 Å². The molecule has 5 heteroatoms. The summed E-state index contributed by atoms with van der Waals surface area (Å²) in [6, 6.07) is 0. The van der Waals surface area contributed by atoms with Crippen LogP contribution in [0.5, 0.6) is 0 Å². The summed E-state index contributed by atoms with van der Waals surface area (Å²) in [5.41, 5.74) is 0.428. The molecule has 0 radical (unpaired) electrons. The molecule has 2 N–H and O–H groups in total. The van der Waals surface area contributed by atoms with Crippen LogP contribution in [0.2, 0.25) is 0 Å². The molecule has 12 heavy (non-hydrogen) atoms. The summed E-state index contributed by atoms with van der Waals surface area (Å²) in [6.45, 7) is 1.62. The van der Waals surface area contributed by atoms with Crippen molar-refractivity contribution in [2.75, 3.05) is 0 Å². The third-order valence-electron chi connectivity index (χ3n) is 1.51. The van der Waals surface area contributed by atoms with Crippen LogP contribution in [0.25, 0.3) is 0 Å². The van der Waals surface area contributed by atoms with Crippen molar-refractivity contribution in [1.82, 2.24) is 5.16 Å². The van der Waals surface area contributed by atoms with Crippen LogP contribution in [0.1, 0.15) is 23.8 Å². The molecule has 0 bridgehead atoms. The van der Waals surface area contributed by atoms with E-state index in [4.69, 9.17) is 5.11 Å². The van der Waals surface area contributed by atoms with Crippen molar-refractivity contribution in [3.05, 3.63) is 17.5 Å². The minimum Gasteiger partial charge on any atom is -0.481 e. The van der Waals surface area contributed by atoms with Gasteiger partial charge in [-0.25, -0.2) is 0 Å². The summed E-state index contributed by atoms with van der Waals surface area (Å²) >= 11 is 0. The van der Waals surface area contributed by atoms with Crippen molar-refractivity contribution in [3.63, 3.8) is 0 Å². The molecule has 1 rings (SSSR count). The average Bonchev–Trinajstić information content (AvgIpc) is 2.33. The first-order valence-corrected chi connectivity index (χ1v) is 3.42. The zero-order valence-electron chi connectivity index (χ0n) is 6.52. The number of aromatic nitrogens is 1. The lowest BCUT2D eigenvalue weighted by atomic mass is 10.1. The van der Waals surface area contributed by atoms with Crippen molar-refractivity contribution in [3.8, 4) is 0 Å². The Morgan fingerprint density at radius 2 is 2.50 bits per heavy atom. The maximum atomic E-state index is 10.2. The molecule has 0 aliphatic heterocycles. The quantitative estimate of drug-likeness (QED) is 0.691. The molecular formula is C7H9NO4. The minimum atomic E-state index is -1.05. The van der Waals surface area contributed by atoms with E-state index in [1.54, 1.807) is 6.92 Å². The van der Waals surface area contributed by atoms with E-state index in [9.17, 15) is 9.90 Å². The molecule has 0 saturated heterocycles. The van der Waals surface area contributed by atoms with E-state index in [0.717, 1.165) is 0 Å². The predicted molar refractivity (Wildman–Crippen MR) is 38.5 cm³/mol. The molecule has 1 atom stereocenters. The lowest BCUT2D eigenvalue weighted by Gasteiger charge is -2.03. The molecular weight excluding hydrogens is 162 g/mol. The number of aryl methyl sites for hydroxylation is 1. The maximum absolute atomic E-state index is 10.2. The fourth-order valence-corrected chi connectivity index (χ4v) is 0.902. The number of hydrogen-bond acceptors (Lipinski definition) is 4. The van der Waals surface area contributed by atoms with E-state index in [-0.39, 0.29) is 6.42 Å². The normalized spacial score (nSPS) is 12.8. The Labute approximate surface area is 68.6 Å². The Hall–Kier alpha value is -1.36. The van der Waals surface area contributed by atoms with Gasteiger partial charge >= 0.3 is 5.97 Å². The Morgan fingerprint density at radius 1 is 1.83 bits per heavy atom. The van der Waals surface area contributed by atoms with E-state index in [1.165, 1.54) is 6.20 Å². The lowest BCUT2D eigenvalue weighted by Crippen LogP contribution is -2.05. The van der Waals surface area contributed by atoms with Crippen LogP contribution >= 0.6 is 0 Å². The zero-order valence-corrected chi connectivity index (χ0v) is 6.52. The second-order valence-electron chi connectivity index (χ2n) is 2.45. The standard InChI is InChI=1S/C7H9NO4/c1-4-5(3-8-12-4)6(9)2-7(10)11/h3,6,9H,2H2,1H3,(H,10,11)/t6-/m1/s1. The third-order valence-corrected chi connectivity index (χ3v) is 1.51. The van der Waals surface area contributed by atoms with E-state index in [2.05, 4.69) is 9.68 Å². The highest BCUT2D eigenvalue weighted by Crippen LogP contribution is 2.19. The number of carboxylic acids is 1. The summed E-state index contributed by atoms with van der Waals surface area (Å²) in [6.07, 6.45) is -0.0425. The van der Waals surface area contributed by atoms with Crippen LogP contribution in [0.3, 0.4) is 0 Å². The van der Waals surface area contributed by atoms with Crippen molar-refractivity contribution >= 4 is 5.97 Å². The first kappa shape index (κ1) is 8.73. The van der Waals surface area contributed by atoms with E-state index < -0.39 is 12.1 Å². The highest BCUT2D eigenvalue weighted by Gasteiger charge is 2.16. The third kappa shape index (κ3) is 1.82. The van der Waals surface area contributed by atoms with Crippen LogP contribution in [-0.2, 0) is 4.79 Å². The fourth-order valence-electron chi connectivity index (χ4n) is 0.902. The molecule has 1 aromatic heterocycles. The van der Waals surface area contributed by atoms with Crippen LogP contribution < -0.4 is 0 Å². The second-order valence-corrected chi connectivity index (χ2v) is 2.45. The molecule has 1 heterocycles. The molecule has 66 valence electrons. The summed E-state index contributed by atoms with van der Waals surface area (Å²) in [5.74, 6) is -0.605. The monoisotopic (exact) mass is 171 g/mol. The van der Waals surface area contributed by atoms with Gasteiger partial charge in [-0.2, -0.15) is 0 Å². The summed E-state index contributed by atoms with van der Waals surface area (Å²) < 4.78 is 4.66. The zero-order chi connectivity index (χ0) is 9.14. The van der Waals surface area contributed by atoms with Crippen LogP contribution in [0, 0.1) is 6.92 Å². The highest BCUT2D eigenvalue weighted by atomic mass is 16.5. The number of aliphatic hydroxyl groups excluding tert-OH is 1. The van der Waals surface area contributed by atoms with Crippen molar-refractivity contribution in [2.24, 2.45) is 0 Å². The van der Waals surface area contributed by atoms with Gasteiger partial charge in [-0.1, -0.05) is 5.16 Å². The number of hydrogen-bond donors (Lipinski definition) is 2. The van der Waals surface area contributed by atoms with Gasteiger partial charge in [0.15, 0.2) is 0 Å². The van der Waals surface area contributed by atoms with Gasteiger partial charge in [-0.05, 0) is 6.92 Å². The molecule has 1 aromatic rings. The first-order valence-electron chi connectivity index (χ1n) is 3.42. The number of carboxylic acid groups (broad SMARTS) is 1. The highest BCUT2D eigenvalue weighted by molar-refractivity contribution is 5.67. The summed E-state index contributed by atoms with van der Waals surface area (Å²) in [7, 11) is 0. The van der Waals surface area contributed by atoms with Crippen LogP contribution in [-0.4, -0.2) is 21.3 Å². The van der Waals surface area contributed by atoms with Gasteiger partial charge < -0.3 is 14.7 Å². The molecule has 0 spiro atoms. The Balaban J connectivity index is 2.71. The van der Waals surface area contributed by atoms with Gasteiger partial charge in [0.1, 0.15) is 5.76 Å². The van der Waals surface area contributed by atoms with Gasteiger partial charge in [0, 0.05) is 5.56 Å².